The largest absolute Gasteiger partial charge is 0.273 e. The van der Waals surface area contributed by atoms with E-state index < -0.39 is 29.8 Å². The Bertz CT molecular complexity index is 1190. The second kappa shape index (κ2) is 7.81. The standard InChI is InChI=1S/C27H25FN2O3/c1-27(2,3)18-11-9-17(10-12-18)23-22-24(33-30(23)21-7-5-4-6-8-21)26(32)29(25(22)31)20-15-13-19(28)14-16-20/h4-16,22-24H,1-3H3/t22-,23-,24-/m1/s1. The van der Waals surface area contributed by atoms with Crippen molar-refractivity contribution in [3.63, 3.8) is 0 Å². The van der Waals surface area contributed by atoms with E-state index in [1.807, 2.05) is 42.5 Å². The van der Waals surface area contributed by atoms with Gasteiger partial charge >= 0.3 is 0 Å². The summed E-state index contributed by atoms with van der Waals surface area (Å²) < 4.78 is 13.4. The Hall–Kier alpha value is -3.51. The number of imide groups is 1. The topological polar surface area (TPSA) is 49.9 Å². The predicted octanol–water partition coefficient (Wildman–Crippen LogP) is 5.17. The van der Waals surface area contributed by atoms with Crippen LogP contribution in [0.5, 0.6) is 0 Å². The Labute approximate surface area is 192 Å². The number of amides is 2. The summed E-state index contributed by atoms with van der Waals surface area (Å²) in [6.07, 6.45) is -0.949. The Morgan fingerprint density at radius 1 is 0.788 bits per heavy atom. The molecule has 0 spiro atoms. The Morgan fingerprint density at radius 2 is 1.42 bits per heavy atom. The minimum atomic E-state index is -0.949. The molecule has 5 nitrogen and oxygen atoms in total. The molecule has 2 aliphatic rings. The summed E-state index contributed by atoms with van der Waals surface area (Å²) in [5, 5.41) is 1.68. The lowest BCUT2D eigenvalue weighted by Gasteiger charge is -2.29. The van der Waals surface area contributed by atoms with Crippen LogP contribution in [0.25, 0.3) is 0 Å². The monoisotopic (exact) mass is 444 g/mol. The van der Waals surface area contributed by atoms with Crippen molar-refractivity contribution in [2.75, 3.05) is 9.96 Å². The zero-order valence-corrected chi connectivity index (χ0v) is 18.7. The molecule has 0 aliphatic carbocycles. The van der Waals surface area contributed by atoms with Gasteiger partial charge < -0.3 is 0 Å². The molecule has 3 aromatic rings. The van der Waals surface area contributed by atoms with Gasteiger partial charge in [0.2, 0.25) is 5.91 Å². The van der Waals surface area contributed by atoms with Crippen LogP contribution in [-0.2, 0) is 19.8 Å². The Kier molecular flexibility index (Phi) is 5.05. The molecule has 5 rings (SSSR count). The van der Waals surface area contributed by atoms with Crippen molar-refractivity contribution in [1.29, 1.82) is 0 Å². The molecule has 2 amide bonds. The molecule has 3 atom stereocenters. The summed E-state index contributed by atoms with van der Waals surface area (Å²) in [6, 6.07) is 22.5. The number of carbonyl (C=O) groups excluding carboxylic acids is 2. The zero-order chi connectivity index (χ0) is 23.3. The van der Waals surface area contributed by atoms with Crippen molar-refractivity contribution in [3.8, 4) is 0 Å². The van der Waals surface area contributed by atoms with Gasteiger partial charge in [-0.05, 0) is 52.9 Å². The molecule has 168 valence electrons. The molecule has 0 unspecified atom stereocenters. The highest BCUT2D eigenvalue weighted by atomic mass is 19.1. The smallest absolute Gasteiger partial charge is 0.266 e. The van der Waals surface area contributed by atoms with Gasteiger partial charge in [0.25, 0.3) is 5.91 Å². The van der Waals surface area contributed by atoms with E-state index in [4.69, 9.17) is 4.84 Å². The van der Waals surface area contributed by atoms with Crippen LogP contribution in [-0.4, -0.2) is 17.9 Å². The molecule has 0 N–H and O–H groups in total. The lowest BCUT2D eigenvalue weighted by atomic mass is 9.84. The summed E-state index contributed by atoms with van der Waals surface area (Å²) in [5.74, 6) is -1.93. The SMILES string of the molecule is CC(C)(C)c1ccc([C@@H]2[C@H]3C(=O)N(c4ccc(F)cc4)C(=O)[C@@H]3ON2c2ccccc2)cc1. The number of benzene rings is 3. The number of hydrogen-bond acceptors (Lipinski definition) is 4. The highest BCUT2D eigenvalue weighted by Gasteiger charge is 2.60. The number of hydroxylamine groups is 1. The van der Waals surface area contributed by atoms with Crippen LogP contribution in [0.1, 0.15) is 37.9 Å². The fourth-order valence-corrected chi connectivity index (χ4v) is 4.58. The number of halogens is 1. The third kappa shape index (κ3) is 3.60. The number of carbonyl (C=O) groups is 2. The van der Waals surface area contributed by atoms with Crippen LogP contribution in [0.15, 0.2) is 78.9 Å². The summed E-state index contributed by atoms with van der Waals surface area (Å²) in [6.45, 7) is 6.44. The first kappa shape index (κ1) is 21.3. The minimum Gasteiger partial charge on any atom is -0.273 e. The van der Waals surface area contributed by atoms with Crippen LogP contribution in [0.4, 0.5) is 15.8 Å². The number of rotatable bonds is 3. The molecule has 2 fully saturated rings. The lowest BCUT2D eigenvalue weighted by molar-refractivity contribution is -0.126. The van der Waals surface area contributed by atoms with Crippen molar-refractivity contribution in [2.24, 2.45) is 5.92 Å². The molecule has 2 heterocycles. The van der Waals surface area contributed by atoms with E-state index in [9.17, 15) is 14.0 Å². The van der Waals surface area contributed by atoms with Crippen LogP contribution < -0.4 is 9.96 Å². The van der Waals surface area contributed by atoms with Gasteiger partial charge in [0, 0.05) is 0 Å². The Balaban J connectivity index is 1.57. The second-order valence-corrected chi connectivity index (χ2v) is 9.52. The minimum absolute atomic E-state index is 0.00904. The molecular formula is C27H25FN2O3. The second-order valence-electron chi connectivity index (χ2n) is 9.52. The van der Waals surface area contributed by atoms with Crippen molar-refractivity contribution >= 4 is 23.2 Å². The molecule has 33 heavy (non-hydrogen) atoms. The van der Waals surface area contributed by atoms with E-state index in [2.05, 4.69) is 32.9 Å². The first-order valence-corrected chi connectivity index (χ1v) is 11.0. The van der Waals surface area contributed by atoms with E-state index in [1.165, 1.54) is 29.8 Å². The third-order valence-electron chi connectivity index (χ3n) is 6.33. The van der Waals surface area contributed by atoms with E-state index in [-0.39, 0.29) is 11.3 Å². The molecule has 2 aliphatic heterocycles. The number of hydrogen-bond donors (Lipinski definition) is 0. The number of nitrogens with zero attached hydrogens (tertiary/aromatic N) is 2. The number of fused-ring (bicyclic) bond motifs is 1. The van der Waals surface area contributed by atoms with Gasteiger partial charge in [-0.2, -0.15) is 0 Å². The summed E-state index contributed by atoms with van der Waals surface area (Å²) in [4.78, 5) is 34.1. The van der Waals surface area contributed by atoms with Gasteiger partial charge in [-0.15, -0.1) is 0 Å². The van der Waals surface area contributed by atoms with E-state index >= 15 is 0 Å². The van der Waals surface area contributed by atoms with E-state index in [1.54, 1.807) is 5.06 Å². The molecule has 0 bridgehead atoms. The van der Waals surface area contributed by atoms with Crippen LogP contribution in [0.3, 0.4) is 0 Å². The number of anilines is 2. The van der Waals surface area contributed by atoms with Crippen LogP contribution >= 0.6 is 0 Å². The van der Waals surface area contributed by atoms with E-state index in [0.717, 1.165) is 16.2 Å². The summed E-state index contributed by atoms with van der Waals surface area (Å²) in [7, 11) is 0. The molecule has 0 aromatic heterocycles. The molecule has 0 radical (unpaired) electrons. The lowest BCUT2D eigenvalue weighted by Crippen LogP contribution is -2.37. The fourth-order valence-electron chi connectivity index (χ4n) is 4.58. The van der Waals surface area contributed by atoms with E-state index in [0.29, 0.717) is 5.69 Å². The highest BCUT2D eigenvalue weighted by molar-refractivity contribution is 6.23. The Morgan fingerprint density at radius 3 is 2.03 bits per heavy atom. The molecular weight excluding hydrogens is 419 g/mol. The number of para-hydroxylation sites is 1. The quantitative estimate of drug-likeness (QED) is 0.523. The van der Waals surface area contributed by atoms with Crippen molar-refractivity contribution in [1.82, 2.24) is 0 Å². The molecule has 0 saturated carbocycles. The van der Waals surface area contributed by atoms with Gasteiger partial charge in [0.05, 0.1) is 17.4 Å². The maximum absolute atomic E-state index is 13.6. The molecule has 6 heteroatoms. The first-order valence-electron chi connectivity index (χ1n) is 11.0. The zero-order valence-electron chi connectivity index (χ0n) is 18.7. The molecule has 2 saturated heterocycles. The molecule has 3 aromatic carbocycles. The van der Waals surface area contributed by atoms with Crippen molar-refractivity contribution < 1.29 is 18.8 Å². The van der Waals surface area contributed by atoms with Crippen molar-refractivity contribution in [3.05, 3.63) is 95.8 Å². The maximum Gasteiger partial charge on any atom is 0.266 e. The van der Waals surface area contributed by atoms with Gasteiger partial charge in [0.1, 0.15) is 11.7 Å². The summed E-state index contributed by atoms with van der Waals surface area (Å²) in [5.41, 5.74) is 3.17. The van der Waals surface area contributed by atoms with Gasteiger partial charge in [-0.1, -0.05) is 63.2 Å². The average molecular weight is 445 g/mol. The normalized spacial score (nSPS) is 22.7. The van der Waals surface area contributed by atoms with Crippen LogP contribution in [0.2, 0.25) is 0 Å². The van der Waals surface area contributed by atoms with Gasteiger partial charge in [-0.3, -0.25) is 14.4 Å². The maximum atomic E-state index is 13.6. The average Bonchev–Trinajstić information content (AvgIpc) is 3.31. The van der Waals surface area contributed by atoms with Gasteiger partial charge in [-0.25, -0.2) is 14.4 Å². The fraction of sp³-hybridized carbons (Fsp3) is 0.259. The van der Waals surface area contributed by atoms with Crippen molar-refractivity contribution in [2.45, 2.75) is 38.3 Å². The summed E-state index contributed by atoms with van der Waals surface area (Å²) >= 11 is 0. The third-order valence-corrected chi connectivity index (χ3v) is 6.33. The predicted molar refractivity (Wildman–Crippen MR) is 124 cm³/mol. The first-order chi connectivity index (χ1) is 15.8. The van der Waals surface area contributed by atoms with Gasteiger partial charge in [0.15, 0.2) is 6.10 Å². The highest BCUT2D eigenvalue weighted by Crippen LogP contribution is 2.47. The van der Waals surface area contributed by atoms with Crippen LogP contribution in [0, 0.1) is 11.7 Å².